The zero-order chi connectivity index (χ0) is 32.8. The van der Waals surface area contributed by atoms with Crippen molar-refractivity contribution >= 4 is 20.0 Å². The SMILES string of the molecule is C[C@@H](n1cnc(C=Cc2ccc(OCC(F)(F)C(F)F)cc2)n1)[C@@](Cn1cncn1)(OCOP(=O)(O)O)c1ccc(F)cc1F. The third-order valence-corrected chi connectivity index (χ3v) is 6.88. The lowest BCUT2D eigenvalue weighted by atomic mass is 9.86. The van der Waals surface area contributed by atoms with Gasteiger partial charge in [0.15, 0.2) is 19.2 Å². The average molecular weight is 662 g/mol. The van der Waals surface area contributed by atoms with Crippen molar-refractivity contribution in [2.24, 2.45) is 0 Å². The van der Waals surface area contributed by atoms with Crippen molar-refractivity contribution in [2.45, 2.75) is 37.5 Å². The van der Waals surface area contributed by atoms with Gasteiger partial charge >= 0.3 is 20.2 Å². The molecule has 2 aromatic carbocycles. The Morgan fingerprint density at radius 2 is 1.80 bits per heavy atom. The Morgan fingerprint density at radius 3 is 2.42 bits per heavy atom. The summed E-state index contributed by atoms with van der Waals surface area (Å²) in [5, 5.41) is 8.38. The van der Waals surface area contributed by atoms with Crippen LogP contribution in [0.5, 0.6) is 5.75 Å². The van der Waals surface area contributed by atoms with Crippen LogP contribution in [0.15, 0.2) is 61.4 Å². The molecule has 2 atom stereocenters. The van der Waals surface area contributed by atoms with Gasteiger partial charge in [-0.1, -0.05) is 24.3 Å². The van der Waals surface area contributed by atoms with Gasteiger partial charge in [0.25, 0.3) is 0 Å². The van der Waals surface area contributed by atoms with E-state index in [1.165, 1.54) is 65.6 Å². The summed E-state index contributed by atoms with van der Waals surface area (Å²) in [6, 6.07) is 7.24. The first kappa shape index (κ1) is 33.8. The monoisotopic (exact) mass is 662 g/mol. The Bertz CT molecular complexity index is 1640. The minimum Gasteiger partial charge on any atom is -0.487 e. The van der Waals surface area contributed by atoms with Crippen LogP contribution in [0.3, 0.4) is 0 Å². The molecule has 0 radical (unpaired) electrons. The Kier molecular flexibility index (Phi) is 10.4. The maximum absolute atomic E-state index is 15.3. The normalized spacial score (nSPS) is 14.6. The fourth-order valence-electron chi connectivity index (χ4n) is 4.13. The van der Waals surface area contributed by atoms with E-state index in [9.17, 15) is 36.3 Å². The van der Waals surface area contributed by atoms with Crippen molar-refractivity contribution in [2.75, 3.05) is 13.4 Å². The quantitative estimate of drug-likeness (QED) is 0.103. The van der Waals surface area contributed by atoms with Crippen LogP contribution in [0.2, 0.25) is 0 Å². The number of hydrogen-bond donors (Lipinski definition) is 2. The molecule has 0 saturated heterocycles. The summed E-state index contributed by atoms with van der Waals surface area (Å²) in [6.07, 6.45) is 2.91. The number of benzene rings is 2. The maximum atomic E-state index is 15.3. The van der Waals surface area contributed by atoms with Crippen molar-refractivity contribution in [3.63, 3.8) is 0 Å². The molecule has 2 heterocycles. The zero-order valence-electron chi connectivity index (χ0n) is 23.1. The average Bonchev–Trinajstić information content (AvgIpc) is 3.66. The lowest BCUT2D eigenvalue weighted by Gasteiger charge is -2.39. The summed E-state index contributed by atoms with van der Waals surface area (Å²) in [7, 11) is -5.02. The first-order valence-corrected chi connectivity index (χ1v) is 14.3. The number of phosphoric ester groups is 1. The molecule has 2 N–H and O–H groups in total. The Morgan fingerprint density at radius 1 is 1.07 bits per heavy atom. The van der Waals surface area contributed by atoms with Gasteiger partial charge in [-0.3, -0.25) is 4.52 Å². The van der Waals surface area contributed by atoms with E-state index in [1.807, 2.05) is 0 Å². The number of aromatic nitrogens is 6. The molecule has 4 aromatic rings. The standard InChI is InChI=1S/C26H25F6N6O6P/c1-17(38-15-34-23(36-38)9-4-18-2-6-20(7-3-18)42-12-26(31,32)24(29)30)25(11-37-14-33-13-35-37,43-16-44-45(39,40)41)21-8-5-19(27)10-22(21)28/h2-10,13-15,17,24H,11-12,16H2,1H3,(H2,39,40,41)/t17-,25-/m1/s1. The zero-order valence-corrected chi connectivity index (χ0v) is 24.0. The number of phosphoric acid groups is 1. The van der Waals surface area contributed by atoms with E-state index in [1.54, 1.807) is 6.08 Å². The summed E-state index contributed by atoms with van der Waals surface area (Å²) >= 11 is 0. The van der Waals surface area contributed by atoms with Crippen molar-refractivity contribution < 1.29 is 54.7 Å². The van der Waals surface area contributed by atoms with E-state index >= 15 is 4.39 Å². The second kappa shape index (κ2) is 13.9. The van der Waals surface area contributed by atoms with E-state index in [4.69, 9.17) is 9.47 Å². The smallest absolute Gasteiger partial charge is 0.471 e. The van der Waals surface area contributed by atoms with Gasteiger partial charge in [-0.15, -0.1) is 0 Å². The van der Waals surface area contributed by atoms with E-state index in [0.717, 1.165) is 12.1 Å². The molecular weight excluding hydrogens is 637 g/mol. The third-order valence-electron chi connectivity index (χ3n) is 6.44. The Labute approximate surface area is 251 Å². The van der Waals surface area contributed by atoms with Crippen molar-refractivity contribution in [1.82, 2.24) is 29.5 Å². The molecule has 0 saturated carbocycles. The van der Waals surface area contributed by atoms with E-state index in [2.05, 4.69) is 24.7 Å². The van der Waals surface area contributed by atoms with Gasteiger partial charge in [-0.05, 0) is 36.8 Å². The summed E-state index contributed by atoms with van der Waals surface area (Å²) < 4.78 is 109. The molecule has 242 valence electrons. The first-order chi connectivity index (χ1) is 21.2. The maximum Gasteiger partial charge on any atom is 0.471 e. The van der Waals surface area contributed by atoms with Crippen molar-refractivity contribution in [3.05, 3.63) is 90.0 Å². The fourth-order valence-corrected chi connectivity index (χ4v) is 4.32. The number of ether oxygens (including phenoxy) is 2. The molecule has 0 aliphatic heterocycles. The molecule has 0 spiro atoms. The summed E-state index contributed by atoms with van der Waals surface area (Å²) in [4.78, 5) is 26.4. The summed E-state index contributed by atoms with van der Waals surface area (Å²) in [5.74, 6) is -6.14. The highest BCUT2D eigenvalue weighted by molar-refractivity contribution is 7.46. The van der Waals surface area contributed by atoms with E-state index in [-0.39, 0.29) is 23.7 Å². The molecule has 45 heavy (non-hydrogen) atoms. The van der Waals surface area contributed by atoms with Gasteiger partial charge in [0.2, 0.25) is 0 Å². The minimum atomic E-state index is -5.02. The Balaban J connectivity index is 1.60. The lowest BCUT2D eigenvalue weighted by Crippen LogP contribution is -2.44. The molecule has 0 unspecified atom stereocenters. The number of halogens is 6. The number of hydrogen-bond acceptors (Lipinski definition) is 8. The van der Waals surface area contributed by atoms with Crippen LogP contribution in [0.4, 0.5) is 26.3 Å². The van der Waals surface area contributed by atoms with Gasteiger partial charge in [0, 0.05) is 11.6 Å². The second-order valence-electron chi connectivity index (χ2n) is 9.50. The molecule has 0 fully saturated rings. The minimum absolute atomic E-state index is 0.0526. The van der Waals surface area contributed by atoms with E-state index in [0.29, 0.717) is 11.6 Å². The highest BCUT2D eigenvalue weighted by atomic mass is 31.2. The van der Waals surface area contributed by atoms with Crippen LogP contribution in [0, 0.1) is 11.6 Å². The van der Waals surface area contributed by atoms with Crippen LogP contribution in [0.1, 0.15) is 29.9 Å². The molecule has 0 amide bonds. The fraction of sp³-hybridized carbons (Fsp3) is 0.308. The van der Waals surface area contributed by atoms with Gasteiger partial charge in [-0.2, -0.15) is 19.0 Å². The number of rotatable bonds is 15. The predicted octanol–water partition coefficient (Wildman–Crippen LogP) is 4.84. The van der Waals surface area contributed by atoms with Gasteiger partial charge in [0.1, 0.15) is 42.0 Å². The molecule has 0 aliphatic carbocycles. The molecular formula is C26H25F6N6O6P. The molecule has 0 aliphatic rings. The molecule has 4 rings (SSSR count). The summed E-state index contributed by atoms with van der Waals surface area (Å²) in [6.45, 7) is -1.27. The van der Waals surface area contributed by atoms with Crippen LogP contribution in [-0.2, 0) is 26.0 Å². The Hall–Kier alpha value is -4.09. The molecule has 0 bridgehead atoms. The second-order valence-corrected chi connectivity index (χ2v) is 10.7. The highest BCUT2D eigenvalue weighted by Gasteiger charge is 2.45. The molecule has 2 aromatic heterocycles. The van der Waals surface area contributed by atoms with Crippen LogP contribution < -0.4 is 4.74 Å². The first-order valence-electron chi connectivity index (χ1n) is 12.8. The number of nitrogens with zero attached hydrogens (tertiary/aromatic N) is 6. The van der Waals surface area contributed by atoms with Gasteiger partial charge in [-0.25, -0.2) is 41.5 Å². The number of alkyl halides is 4. The van der Waals surface area contributed by atoms with Crippen molar-refractivity contribution in [3.8, 4) is 5.75 Å². The molecule has 19 heteroatoms. The lowest BCUT2D eigenvalue weighted by molar-refractivity contribution is -0.153. The van der Waals surface area contributed by atoms with E-state index < -0.39 is 56.8 Å². The van der Waals surface area contributed by atoms with Gasteiger partial charge in [0.05, 0.1) is 12.6 Å². The van der Waals surface area contributed by atoms with Crippen LogP contribution >= 0.6 is 7.82 Å². The summed E-state index contributed by atoms with van der Waals surface area (Å²) in [5.41, 5.74) is -1.56. The highest BCUT2D eigenvalue weighted by Crippen LogP contribution is 2.42. The predicted molar refractivity (Wildman–Crippen MR) is 144 cm³/mol. The van der Waals surface area contributed by atoms with Gasteiger partial charge < -0.3 is 19.3 Å². The van der Waals surface area contributed by atoms with Crippen LogP contribution in [0.25, 0.3) is 12.2 Å². The molecule has 12 nitrogen and oxygen atoms in total. The topological polar surface area (TPSA) is 147 Å². The van der Waals surface area contributed by atoms with Crippen LogP contribution in [-0.4, -0.2) is 65.1 Å². The largest absolute Gasteiger partial charge is 0.487 e. The van der Waals surface area contributed by atoms with Crippen molar-refractivity contribution in [1.29, 1.82) is 0 Å². The third kappa shape index (κ3) is 8.76.